The first-order valence-electron chi connectivity index (χ1n) is 12.6. The Morgan fingerprint density at radius 3 is 2.53 bits per heavy atom. The number of nitrogens with zero attached hydrogens (tertiary/aromatic N) is 5. The molecule has 0 radical (unpaired) electrons. The molecular formula is C28H26ClF3N6O3S2. The molecule has 226 valence electrons. The monoisotopic (exact) mass is 650 g/mol. The molecular weight excluding hydrogens is 625 g/mol. The Hall–Kier alpha value is -3.80. The van der Waals surface area contributed by atoms with Crippen LogP contribution in [0.1, 0.15) is 42.9 Å². The predicted molar refractivity (Wildman–Crippen MR) is 162 cm³/mol. The highest BCUT2D eigenvalue weighted by atomic mass is 35.5. The van der Waals surface area contributed by atoms with Crippen molar-refractivity contribution in [3.63, 3.8) is 0 Å². The molecule has 0 spiro atoms. The number of carbonyl (C=O) groups excluding carboxylic acids is 3. The van der Waals surface area contributed by atoms with Gasteiger partial charge in [-0.05, 0) is 24.6 Å². The Labute approximate surface area is 263 Å². The van der Waals surface area contributed by atoms with Gasteiger partial charge in [-0.25, -0.2) is 18.2 Å². The van der Waals surface area contributed by atoms with Gasteiger partial charge in [0.15, 0.2) is 0 Å². The molecule has 0 unspecified atom stereocenters. The highest BCUT2D eigenvalue weighted by molar-refractivity contribution is 7.59. The van der Waals surface area contributed by atoms with Crippen LogP contribution in [0.25, 0.3) is 0 Å². The minimum absolute atomic E-state index is 0. The van der Waals surface area contributed by atoms with Crippen molar-refractivity contribution in [2.24, 2.45) is 0 Å². The van der Waals surface area contributed by atoms with Gasteiger partial charge in [0, 0.05) is 48.2 Å². The Bertz CT molecular complexity index is 1570. The molecule has 0 bridgehead atoms. The molecule has 3 aromatic rings. The number of halogens is 4. The molecule has 1 N–H and O–H groups in total. The predicted octanol–water partition coefficient (Wildman–Crippen LogP) is 4.55. The fourth-order valence-corrected chi connectivity index (χ4v) is 5.30. The van der Waals surface area contributed by atoms with Gasteiger partial charge < -0.3 is 5.32 Å². The Kier molecular flexibility index (Phi) is 10.7. The van der Waals surface area contributed by atoms with Crippen molar-refractivity contribution in [1.82, 2.24) is 15.3 Å². The van der Waals surface area contributed by atoms with Crippen LogP contribution in [0.15, 0.2) is 61.1 Å². The minimum atomic E-state index is -2.92. The van der Waals surface area contributed by atoms with Crippen LogP contribution in [0.2, 0.25) is 5.02 Å². The molecule has 2 atom stereocenters. The molecule has 1 saturated heterocycles. The van der Waals surface area contributed by atoms with E-state index < -0.39 is 60.4 Å². The number of pyridine rings is 2. The number of hydrogen-bond donors (Lipinski definition) is 1. The van der Waals surface area contributed by atoms with E-state index in [9.17, 15) is 32.8 Å². The summed E-state index contributed by atoms with van der Waals surface area (Å²) in [6.07, 6.45) is 2.25. The van der Waals surface area contributed by atoms with Crippen LogP contribution >= 0.6 is 38.6 Å². The Morgan fingerprint density at radius 2 is 1.88 bits per heavy atom. The number of rotatable bonds is 7. The summed E-state index contributed by atoms with van der Waals surface area (Å²) < 4.78 is 41.6. The van der Waals surface area contributed by atoms with Crippen molar-refractivity contribution in [2.75, 3.05) is 9.80 Å². The highest BCUT2D eigenvalue weighted by Crippen LogP contribution is 2.39. The first-order valence-corrected chi connectivity index (χ1v) is 13.0. The molecule has 1 aliphatic heterocycles. The summed E-state index contributed by atoms with van der Waals surface area (Å²) >= 11 is 6.47. The van der Waals surface area contributed by atoms with Gasteiger partial charge >= 0.3 is 0 Å². The number of carbonyl (C=O) groups is 3. The average Bonchev–Trinajstić information content (AvgIpc) is 3.32. The maximum absolute atomic E-state index is 14.4. The molecule has 3 heterocycles. The number of aromatic nitrogens is 2. The van der Waals surface area contributed by atoms with Crippen LogP contribution in [0, 0.1) is 17.1 Å². The number of nitriles is 1. The van der Waals surface area contributed by atoms with E-state index >= 15 is 0 Å². The number of amides is 3. The van der Waals surface area contributed by atoms with Gasteiger partial charge in [0.1, 0.15) is 23.7 Å². The maximum atomic E-state index is 14.4. The van der Waals surface area contributed by atoms with E-state index in [0.29, 0.717) is 0 Å². The van der Waals surface area contributed by atoms with Crippen molar-refractivity contribution >= 4 is 67.8 Å². The fourth-order valence-electron chi connectivity index (χ4n) is 5.06. The molecule has 9 nitrogen and oxygen atoms in total. The van der Waals surface area contributed by atoms with Crippen molar-refractivity contribution in [3.05, 3.63) is 83.0 Å². The fraction of sp³-hybridized carbons (Fsp3) is 0.286. The third-order valence-corrected chi connectivity index (χ3v) is 7.31. The van der Waals surface area contributed by atoms with Crippen LogP contribution in [0.3, 0.4) is 0 Å². The van der Waals surface area contributed by atoms with Gasteiger partial charge in [-0.1, -0.05) is 29.8 Å². The van der Waals surface area contributed by atoms with Crippen molar-refractivity contribution in [3.8, 4) is 6.07 Å². The zero-order chi connectivity index (χ0) is 29.3. The van der Waals surface area contributed by atoms with E-state index in [2.05, 4.69) is 15.3 Å². The van der Waals surface area contributed by atoms with E-state index in [1.165, 1.54) is 36.7 Å². The lowest BCUT2D eigenvalue weighted by Gasteiger charge is -2.39. The molecule has 2 aromatic heterocycles. The van der Waals surface area contributed by atoms with Gasteiger partial charge in [0.25, 0.3) is 11.8 Å². The van der Waals surface area contributed by atoms with Crippen LogP contribution < -0.4 is 15.1 Å². The first kappa shape index (κ1) is 33.7. The van der Waals surface area contributed by atoms with Gasteiger partial charge in [-0.2, -0.15) is 32.3 Å². The number of hydrogen-bond acceptors (Lipinski definition) is 6. The largest absolute Gasteiger partial charge is 0.351 e. The Balaban J connectivity index is 0.00000253. The summed E-state index contributed by atoms with van der Waals surface area (Å²) in [6.45, 7) is 0. The molecule has 1 aromatic carbocycles. The topological polar surface area (TPSA) is 119 Å². The van der Waals surface area contributed by atoms with Gasteiger partial charge in [-0.3, -0.25) is 29.2 Å². The van der Waals surface area contributed by atoms with Crippen molar-refractivity contribution < 1.29 is 27.6 Å². The lowest BCUT2D eigenvalue weighted by atomic mass is 9.87. The van der Waals surface area contributed by atoms with Gasteiger partial charge in [0.05, 0.1) is 29.7 Å². The summed E-state index contributed by atoms with van der Waals surface area (Å²) in [6, 6.07) is 8.32. The zero-order valence-electron chi connectivity index (χ0n) is 22.3. The summed E-state index contributed by atoms with van der Waals surface area (Å²) in [7, 11) is 0. The summed E-state index contributed by atoms with van der Waals surface area (Å²) in [5, 5.41) is 12.0. The second-order valence-corrected chi connectivity index (χ2v) is 10.2. The van der Waals surface area contributed by atoms with Crippen LogP contribution in [0.4, 0.5) is 24.7 Å². The van der Waals surface area contributed by atoms with E-state index in [-0.39, 0.29) is 67.5 Å². The standard InChI is InChI=1S/C28H22ClF3N6O3.2H2S/c29-21-4-2-1-3-20(21)25(26(40)36-18-11-28(31,32)12-18)37(19-10-17(30)14-34-15-19)27(41)22-5-6-24(39)38(22)23-9-16(13-33)7-8-35-23;;/h1-4,7-10,14-15,18,22,25H,5-6,11-12H2,(H,36,40);2*1H2/t22-,25-;;/m0../s1. The summed E-state index contributed by atoms with van der Waals surface area (Å²) in [5.41, 5.74) is 0.237. The minimum Gasteiger partial charge on any atom is -0.351 e. The van der Waals surface area contributed by atoms with E-state index in [0.717, 1.165) is 22.1 Å². The third kappa shape index (κ3) is 7.06. The third-order valence-electron chi connectivity index (χ3n) is 6.97. The Morgan fingerprint density at radius 1 is 1.16 bits per heavy atom. The molecule has 2 aliphatic rings. The van der Waals surface area contributed by atoms with Crippen molar-refractivity contribution in [2.45, 2.75) is 49.7 Å². The highest BCUT2D eigenvalue weighted by Gasteiger charge is 2.48. The number of anilines is 2. The van der Waals surface area contributed by atoms with Gasteiger partial charge in [0.2, 0.25) is 11.8 Å². The number of benzene rings is 1. The molecule has 5 rings (SSSR count). The second kappa shape index (κ2) is 13.7. The SMILES string of the molecule is N#Cc1ccnc(N2C(=O)CC[C@H]2C(=O)N(c2cncc(F)c2)[C@H](C(=O)NC2CC(F)(F)C2)c2ccccc2Cl)c1.S.S. The summed E-state index contributed by atoms with van der Waals surface area (Å²) in [4.78, 5) is 51.2. The zero-order valence-corrected chi connectivity index (χ0v) is 25.1. The normalized spacial score (nSPS) is 17.9. The van der Waals surface area contributed by atoms with E-state index in [4.69, 9.17) is 11.6 Å². The van der Waals surface area contributed by atoms with E-state index in [1.54, 1.807) is 12.1 Å². The molecule has 15 heteroatoms. The number of alkyl halides is 2. The van der Waals surface area contributed by atoms with Crippen molar-refractivity contribution in [1.29, 1.82) is 5.26 Å². The first-order chi connectivity index (χ1) is 19.6. The average molecular weight is 651 g/mol. The number of nitrogens with one attached hydrogen (secondary N) is 1. The molecule has 3 amide bonds. The van der Waals surface area contributed by atoms with E-state index in [1.807, 2.05) is 6.07 Å². The lowest BCUT2D eigenvalue weighted by molar-refractivity contribution is -0.133. The van der Waals surface area contributed by atoms with Crippen LogP contribution in [-0.4, -0.2) is 45.7 Å². The second-order valence-electron chi connectivity index (χ2n) is 9.80. The smallest absolute Gasteiger partial charge is 0.252 e. The van der Waals surface area contributed by atoms with Gasteiger partial charge in [-0.15, -0.1) is 0 Å². The lowest BCUT2D eigenvalue weighted by Crippen LogP contribution is -2.56. The molecule has 43 heavy (non-hydrogen) atoms. The molecule has 2 fully saturated rings. The van der Waals surface area contributed by atoms with Crippen LogP contribution in [0.5, 0.6) is 0 Å². The molecule has 1 aliphatic carbocycles. The van der Waals surface area contributed by atoms with Crippen LogP contribution in [-0.2, 0) is 14.4 Å². The maximum Gasteiger partial charge on any atom is 0.252 e. The quantitative estimate of drug-likeness (QED) is 0.401. The summed E-state index contributed by atoms with van der Waals surface area (Å²) in [5.74, 6) is -5.73. The molecule has 1 saturated carbocycles.